The van der Waals surface area contributed by atoms with E-state index >= 15 is 0 Å². The van der Waals surface area contributed by atoms with Crippen molar-refractivity contribution >= 4 is 49.6 Å². The zero-order valence-electron chi connectivity index (χ0n) is 2.45. The van der Waals surface area contributed by atoms with E-state index < -0.39 is 0 Å². The van der Waals surface area contributed by atoms with E-state index in [0.717, 1.165) is 0 Å². The van der Waals surface area contributed by atoms with E-state index in [1.807, 2.05) is 0 Å². The topological polar surface area (TPSA) is 31.5 Å². The molecular formula is H6Cl4OPt. The van der Waals surface area contributed by atoms with E-state index in [9.17, 15) is 0 Å². The third kappa shape index (κ3) is 41.1. The van der Waals surface area contributed by atoms with Gasteiger partial charge in [-0.3, -0.25) is 0 Å². The quantitative estimate of drug-likeness (QED) is 0.615. The van der Waals surface area contributed by atoms with Crippen molar-refractivity contribution in [3.05, 3.63) is 0 Å². The molecule has 0 aromatic rings. The largest absolute Gasteiger partial charge is 0.412 e. The smallest absolute Gasteiger partial charge is 0 e. The van der Waals surface area contributed by atoms with Gasteiger partial charge in [0, 0.05) is 21.1 Å². The second-order valence-corrected chi connectivity index (χ2v) is 0. The summed E-state index contributed by atoms with van der Waals surface area (Å²) in [6.07, 6.45) is 0. The summed E-state index contributed by atoms with van der Waals surface area (Å²) in [6.45, 7) is 0. The third-order valence-electron chi connectivity index (χ3n) is 0. The minimum atomic E-state index is 0. The Kier molecular flexibility index (Phi) is 1300. The second kappa shape index (κ2) is 70.2. The van der Waals surface area contributed by atoms with Crippen LogP contribution in [0.15, 0.2) is 0 Å². The average Bonchev–Trinajstić information content (AvgIpc) is 0. The van der Waals surface area contributed by atoms with Crippen LogP contribution in [0.2, 0.25) is 0 Å². The minimum absolute atomic E-state index is 0. The number of hydrogen-bond donors (Lipinski definition) is 0. The van der Waals surface area contributed by atoms with Gasteiger partial charge in [0.25, 0.3) is 0 Å². The van der Waals surface area contributed by atoms with Crippen LogP contribution in [0.1, 0.15) is 0 Å². The van der Waals surface area contributed by atoms with Gasteiger partial charge < -0.3 is 5.48 Å². The van der Waals surface area contributed by atoms with Crippen molar-refractivity contribution in [2.24, 2.45) is 0 Å². The van der Waals surface area contributed by atoms with Gasteiger partial charge in [-0.15, -0.1) is 49.6 Å². The first-order valence-electron chi connectivity index (χ1n) is 0. The van der Waals surface area contributed by atoms with Crippen LogP contribution in [-0.2, 0) is 21.1 Å². The summed E-state index contributed by atoms with van der Waals surface area (Å²) in [4.78, 5) is 0. The fraction of sp³-hybridized carbons (Fsp3) is 0. The molecule has 0 radical (unpaired) electrons. The van der Waals surface area contributed by atoms with Crippen molar-refractivity contribution in [1.29, 1.82) is 0 Å². The van der Waals surface area contributed by atoms with Gasteiger partial charge in [0.2, 0.25) is 0 Å². The van der Waals surface area contributed by atoms with Gasteiger partial charge >= 0.3 is 0 Å². The van der Waals surface area contributed by atoms with E-state index in [2.05, 4.69) is 0 Å². The van der Waals surface area contributed by atoms with Crippen molar-refractivity contribution in [3.63, 3.8) is 0 Å². The summed E-state index contributed by atoms with van der Waals surface area (Å²) in [7, 11) is 0. The van der Waals surface area contributed by atoms with Gasteiger partial charge in [-0.2, -0.15) is 0 Å². The van der Waals surface area contributed by atoms with Crippen LogP contribution in [0.25, 0.3) is 0 Å². The van der Waals surface area contributed by atoms with Gasteiger partial charge in [0.1, 0.15) is 0 Å². The Bertz CT molecular complexity index is 7.51. The van der Waals surface area contributed by atoms with Crippen LogP contribution >= 0.6 is 49.6 Å². The first-order valence-corrected chi connectivity index (χ1v) is 0. The zero-order chi connectivity index (χ0) is 0. The van der Waals surface area contributed by atoms with Crippen LogP contribution in [0.5, 0.6) is 0 Å². The Morgan fingerprint density at radius 2 is 0.500 bits per heavy atom. The first-order chi connectivity index (χ1) is 0. The second-order valence-electron chi connectivity index (χ2n) is 0. The molecule has 0 atom stereocenters. The molecule has 0 bridgehead atoms. The Morgan fingerprint density at radius 1 is 0.500 bits per heavy atom. The third-order valence-corrected chi connectivity index (χ3v) is 0. The van der Waals surface area contributed by atoms with E-state index in [1.54, 1.807) is 0 Å². The summed E-state index contributed by atoms with van der Waals surface area (Å²) in [5, 5.41) is 0. The van der Waals surface area contributed by atoms with E-state index in [-0.39, 0.29) is 76.2 Å². The average molecular weight is 359 g/mol. The number of rotatable bonds is 0. The van der Waals surface area contributed by atoms with Crippen LogP contribution in [-0.4, -0.2) is 5.48 Å². The molecule has 1 nitrogen and oxygen atoms in total. The maximum absolute atomic E-state index is 0. The molecule has 0 heterocycles. The molecule has 50 valence electrons. The van der Waals surface area contributed by atoms with Crippen LogP contribution in [0.3, 0.4) is 0 Å². The molecule has 0 aromatic carbocycles. The molecular weight excluding hydrogens is 353 g/mol. The minimum Gasteiger partial charge on any atom is -0.412 e. The van der Waals surface area contributed by atoms with E-state index in [0.29, 0.717) is 0 Å². The Hall–Kier alpha value is 1.81. The summed E-state index contributed by atoms with van der Waals surface area (Å²) in [5.74, 6) is 0. The molecule has 0 unspecified atom stereocenters. The fourth-order valence-corrected chi connectivity index (χ4v) is 0. The normalized spacial score (nSPS) is 0. The summed E-state index contributed by atoms with van der Waals surface area (Å²) in [5.41, 5.74) is 0. The van der Waals surface area contributed by atoms with Gasteiger partial charge in [-0.1, -0.05) is 0 Å². The molecule has 0 fully saturated rings. The summed E-state index contributed by atoms with van der Waals surface area (Å²) < 4.78 is 0. The monoisotopic (exact) mass is 357 g/mol. The zero-order valence-corrected chi connectivity index (χ0v) is 7.99. The van der Waals surface area contributed by atoms with Crippen LogP contribution in [0.4, 0.5) is 0 Å². The molecule has 0 aliphatic rings. The molecule has 0 rings (SSSR count). The van der Waals surface area contributed by atoms with Crippen molar-refractivity contribution in [3.8, 4) is 0 Å². The van der Waals surface area contributed by atoms with Crippen molar-refractivity contribution in [2.75, 3.05) is 0 Å². The number of hydrogen-bond acceptors (Lipinski definition) is 0. The molecule has 0 spiro atoms. The standard InChI is InChI=1S/4ClH.H2O.Pt/h4*1H;1H2;. The molecule has 0 saturated carbocycles. The van der Waals surface area contributed by atoms with Crippen molar-refractivity contribution in [1.82, 2.24) is 0 Å². The number of halogens is 4. The molecule has 2 N–H and O–H groups in total. The first kappa shape index (κ1) is 111. The molecule has 0 aliphatic carbocycles. The van der Waals surface area contributed by atoms with E-state index in [4.69, 9.17) is 0 Å². The van der Waals surface area contributed by atoms with Gasteiger partial charge in [0.15, 0.2) is 0 Å². The summed E-state index contributed by atoms with van der Waals surface area (Å²) in [6, 6.07) is 0. The Morgan fingerprint density at radius 3 is 0.500 bits per heavy atom. The molecule has 0 amide bonds. The fourth-order valence-electron chi connectivity index (χ4n) is 0. The van der Waals surface area contributed by atoms with Crippen LogP contribution < -0.4 is 0 Å². The van der Waals surface area contributed by atoms with Gasteiger partial charge in [0.05, 0.1) is 0 Å². The van der Waals surface area contributed by atoms with E-state index in [1.165, 1.54) is 0 Å². The maximum Gasteiger partial charge on any atom is 0 e. The van der Waals surface area contributed by atoms with Gasteiger partial charge in [-0.05, 0) is 0 Å². The molecule has 6 heteroatoms. The predicted octanol–water partition coefficient (Wildman–Crippen LogP) is 0.860. The Labute approximate surface area is 75.8 Å². The van der Waals surface area contributed by atoms with Gasteiger partial charge in [-0.25, -0.2) is 0 Å². The maximum atomic E-state index is 0. The molecule has 0 aromatic heterocycles. The SMILES string of the molecule is Cl.Cl.Cl.Cl.O.[Pt]. The predicted molar refractivity (Wildman–Crippen MR) is 32.6 cm³/mol. The summed E-state index contributed by atoms with van der Waals surface area (Å²) >= 11 is 0. The molecule has 0 aliphatic heterocycles. The molecule has 6 heavy (non-hydrogen) atoms. The van der Waals surface area contributed by atoms with Crippen LogP contribution in [0, 0.1) is 0 Å². The van der Waals surface area contributed by atoms with Crippen molar-refractivity contribution in [2.45, 2.75) is 0 Å². The van der Waals surface area contributed by atoms with Crippen molar-refractivity contribution < 1.29 is 26.5 Å². The Balaban J connectivity index is 0. The molecule has 0 saturated heterocycles.